The highest BCUT2D eigenvalue weighted by molar-refractivity contribution is 5.77. The number of nitrogens with one attached hydrogen (secondary N) is 1. The van der Waals surface area contributed by atoms with Gasteiger partial charge in [0.05, 0.1) is 26.2 Å². The van der Waals surface area contributed by atoms with Crippen LogP contribution in [0.15, 0.2) is 48.5 Å². The molecular formula is C21H27N2O2+. The van der Waals surface area contributed by atoms with Crippen molar-refractivity contribution in [2.24, 2.45) is 0 Å². The Bertz CT molecular complexity index is 707. The topological polar surface area (TPSA) is 34.0 Å². The molecule has 1 heterocycles. The van der Waals surface area contributed by atoms with E-state index < -0.39 is 0 Å². The number of nitrogens with zero attached hydrogens (tertiary/aromatic N) is 1. The molecule has 1 fully saturated rings. The number of piperazine rings is 1. The van der Waals surface area contributed by atoms with E-state index in [1.165, 1.54) is 21.6 Å². The number of quaternary nitrogens is 1. The van der Waals surface area contributed by atoms with Crippen molar-refractivity contribution in [3.8, 4) is 5.75 Å². The van der Waals surface area contributed by atoms with Crippen LogP contribution in [0, 0.1) is 13.8 Å². The van der Waals surface area contributed by atoms with E-state index in [-0.39, 0.29) is 12.5 Å². The Morgan fingerprint density at radius 2 is 1.76 bits per heavy atom. The first-order valence-corrected chi connectivity index (χ1v) is 8.97. The number of carbonyl (C=O) groups excluding carboxylic acids is 1. The highest BCUT2D eigenvalue weighted by atomic mass is 16.5. The van der Waals surface area contributed by atoms with E-state index in [1.54, 1.807) is 0 Å². The zero-order chi connectivity index (χ0) is 17.6. The fourth-order valence-corrected chi connectivity index (χ4v) is 3.17. The molecule has 0 aromatic heterocycles. The van der Waals surface area contributed by atoms with Gasteiger partial charge < -0.3 is 14.5 Å². The van der Waals surface area contributed by atoms with Gasteiger partial charge in [-0.05, 0) is 37.1 Å². The Labute approximate surface area is 150 Å². The quantitative estimate of drug-likeness (QED) is 0.898. The van der Waals surface area contributed by atoms with E-state index in [0.717, 1.165) is 38.5 Å². The molecule has 2 aromatic carbocycles. The van der Waals surface area contributed by atoms with Crippen LogP contribution < -0.4 is 9.64 Å². The first-order valence-electron chi connectivity index (χ1n) is 8.97. The van der Waals surface area contributed by atoms with Gasteiger partial charge in [-0.2, -0.15) is 0 Å². The van der Waals surface area contributed by atoms with Crippen molar-refractivity contribution in [1.29, 1.82) is 0 Å². The SMILES string of the molecule is Cc1ccc(OCC(=O)N2CC[NH+](Cc3ccccc3)CC2)cc1C. The van der Waals surface area contributed by atoms with Crippen molar-refractivity contribution >= 4 is 5.91 Å². The lowest BCUT2D eigenvalue weighted by atomic mass is 10.1. The zero-order valence-electron chi connectivity index (χ0n) is 15.1. The number of hydrogen-bond donors (Lipinski definition) is 1. The largest absolute Gasteiger partial charge is 0.484 e. The number of carbonyl (C=O) groups is 1. The van der Waals surface area contributed by atoms with E-state index in [0.29, 0.717) is 0 Å². The first kappa shape index (κ1) is 17.5. The van der Waals surface area contributed by atoms with Crippen LogP contribution in [0.3, 0.4) is 0 Å². The van der Waals surface area contributed by atoms with E-state index in [4.69, 9.17) is 4.74 Å². The van der Waals surface area contributed by atoms with Gasteiger partial charge in [0.25, 0.3) is 5.91 Å². The molecule has 0 aliphatic carbocycles. The summed E-state index contributed by atoms with van der Waals surface area (Å²) in [6.07, 6.45) is 0. The predicted octanol–water partition coefficient (Wildman–Crippen LogP) is 1.61. The van der Waals surface area contributed by atoms with Gasteiger partial charge in [-0.3, -0.25) is 4.79 Å². The van der Waals surface area contributed by atoms with Crippen LogP contribution in [-0.2, 0) is 11.3 Å². The molecule has 3 rings (SSSR count). The molecule has 1 aliphatic heterocycles. The third-order valence-corrected chi connectivity index (χ3v) is 4.96. The average molecular weight is 339 g/mol. The summed E-state index contributed by atoms with van der Waals surface area (Å²) in [5.74, 6) is 0.849. The standard InChI is InChI=1S/C21H26N2O2/c1-17-8-9-20(14-18(17)2)25-16-21(24)23-12-10-22(11-13-23)15-19-6-4-3-5-7-19/h3-9,14H,10-13,15-16H2,1-2H3/p+1. The highest BCUT2D eigenvalue weighted by Gasteiger charge is 2.23. The predicted molar refractivity (Wildman–Crippen MR) is 98.8 cm³/mol. The third-order valence-electron chi connectivity index (χ3n) is 4.96. The molecule has 0 atom stereocenters. The number of hydrogen-bond acceptors (Lipinski definition) is 2. The molecule has 1 amide bonds. The van der Waals surface area contributed by atoms with Crippen LogP contribution in [0.2, 0.25) is 0 Å². The van der Waals surface area contributed by atoms with Crippen LogP contribution in [0.25, 0.3) is 0 Å². The van der Waals surface area contributed by atoms with Crippen molar-refractivity contribution < 1.29 is 14.4 Å². The Kier molecular flexibility index (Phi) is 5.71. The van der Waals surface area contributed by atoms with Gasteiger partial charge in [0, 0.05) is 5.56 Å². The molecule has 1 saturated heterocycles. The summed E-state index contributed by atoms with van der Waals surface area (Å²) < 4.78 is 5.68. The second-order valence-corrected chi connectivity index (χ2v) is 6.83. The molecule has 0 spiro atoms. The van der Waals surface area contributed by atoms with Gasteiger partial charge in [-0.1, -0.05) is 36.4 Å². The number of aryl methyl sites for hydroxylation is 2. The molecule has 4 heteroatoms. The lowest BCUT2D eigenvalue weighted by Crippen LogP contribution is -3.13. The molecule has 4 nitrogen and oxygen atoms in total. The van der Waals surface area contributed by atoms with Crippen molar-refractivity contribution in [2.75, 3.05) is 32.8 Å². The number of rotatable bonds is 5. The maximum absolute atomic E-state index is 12.4. The molecular weight excluding hydrogens is 312 g/mol. The van der Waals surface area contributed by atoms with E-state index in [9.17, 15) is 4.79 Å². The van der Waals surface area contributed by atoms with Crippen LogP contribution in [0.1, 0.15) is 16.7 Å². The molecule has 0 saturated carbocycles. The van der Waals surface area contributed by atoms with Gasteiger partial charge in [-0.15, -0.1) is 0 Å². The van der Waals surface area contributed by atoms with Crippen LogP contribution >= 0.6 is 0 Å². The van der Waals surface area contributed by atoms with Gasteiger partial charge in [0.2, 0.25) is 0 Å². The normalized spacial score (nSPS) is 15.2. The minimum absolute atomic E-state index is 0.0805. The van der Waals surface area contributed by atoms with E-state index in [1.807, 2.05) is 29.2 Å². The summed E-state index contributed by atoms with van der Waals surface area (Å²) in [5, 5.41) is 0. The van der Waals surface area contributed by atoms with E-state index in [2.05, 4.69) is 38.1 Å². The minimum atomic E-state index is 0.0805. The van der Waals surface area contributed by atoms with Crippen LogP contribution in [0.5, 0.6) is 5.75 Å². The summed E-state index contributed by atoms with van der Waals surface area (Å²) in [6, 6.07) is 16.5. The molecule has 2 aromatic rings. The molecule has 1 N–H and O–H groups in total. The second-order valence-electron chi connectivity index (χ2n) is 6.83. The summed E-state index contributed by atoms with van der Waals surface area (Å²) in [4.78, 5) is 15.8. The highest BCUT2D eigenvalue weighted by Crippen LogP contribution is 2.16. The third kappa shape index (κ3) is 4.83. The molecule has 0 unspecified atom stereocenters. The van der Waals surface area contributed by atoms with Crippen molar-refractivity contribution in [2.45, 2.75) is 20.4 Å². The number of ether oxygens (including phenoxy) is 1. The van der Waals surface area contributed by atoms with Crippen molar-refractivity contribution in [3.05, 3.63) is 65.2 Å². The Morgan fingerprint density at radius 3 is 2.44 bits per heavy atom. The summed E-state index contributed by atoms with van der Waals surface area (Å²) >= 11 is 0. The van der Waals surface area contributed by atoms with Crippen molar-refractivity contribution in [1.82, 2.24) is 4.90 Å². The molecule has 0 bridgehead atoms. The Hall–Kier alpha value is -2.33. The lowest BCUT2D eigenvalue weighted by molar-refractivity contribution is -0.917. The Morgan fingerprint density at radius 1 is 1.04 bits per heavy atom. The summed E-state index contributed by atoms with van der Waals surface area (Å²) in [7, 11) is 0. The smallest absolute Gasteiger partial charge is 0.260 e. The molecule has 25 heavy (non-hydrogen) atoms. The average Bonchev–Trinajstić information content (AvgIpc) is 2.64. The second kappa shape index (κ2) is 8.17. The van der Waals surface area contributed by atoms with Crippen LogP contribution in [0.4, 0.5) is 0 Å². The molecule has 0 radical (unpaired) electrons. The maximum atomic E-state index is 12.4. The maximum Gasteiger partial charge on any atom is 0.260 e. The summed E-state index contributed by atoms with van der Waals surface area (Å²) in [6.45, 7) is 8.86. The Balaban J connectivity index is 1.44. The number of amides is 1. The van der Waals surface area contributed by atoms with Gasteiger partial charge in [-0.25, -0.2) is 0 Å². The van der Waals surface area contributed by atoms with Crippen molar-refractivity contribution in [3.63, 3.8) is 0 Å². The fourth-order valence-electron chi connectivity index (χ4n) is 3.17. The fraction of sp³-hybridized carbons (Fsp3) is 0.381. The minimum Gasteiger partial charge on any atom is -0.484 e. The van der Waals surface area contributed by atoms with Gasteiger partial charge in [0.15, 0.2) is 6.61 Å². The lowest BCUT2D eigenvalue weighted by Gasteiger charge is -2.32. The van der Waals surface area contributed by atoms with Gasteiger partial charge >= 0.3 is 0 Å². The van der Waals surface area contributed by atoms with E-state index >= 15 is 0 Å². The zero-order valence-corrected chi connectivity index (χ0v) is 15.1. The molecule has 1 aliphatic rings. The van der Waals surface area contributed by atoms with Gasteiger partial charge in [0.1, 0.15) is 12.3 Å². The van der Waals surface area contributed by atoms with Crippen LogP contribution in [-0.4, -0.2) is 43.6 Å². The number of benzene rings is 2. The summed E-state index contributed by atoms with van der Waals surface area (Å²) in [5.41, 5.74) is 3.77. The molecule has 132 valence electrons. The first-order chi connectivity index (χ1) is 12.1. The monoisotopic (exact) mass is 339 g/mol.